The quantitative estimate of drug-likeness (QED) is 0.463. The van der Waals surface area contributed by atoms with E-state index in [9.17, 15) is 19.5 Å². The monoisotopic (exact) mass is 436 g/mol. The minimum Gasteiger partial charge on any atom is -0.506 e. The Labute approximate surface area is 182 Å². The van der Waals surface area contributed by atoms with Gasteiger partial charge in [0.2, 0.25) is 0 Å². The number of amides is 3. The van der Waals surface area contributed by atoms with Crippen molar-refractivity contribution in [3.8, 4) is 11.5 Å². The molecule has 1 heterocycles. The fourth-order valence-corrected chi connectivity index (χ4v) is 3.57. The van der Waals surface area contributed by atoms with Gasteiger partial charge < -0.3 is 15.2 Å². The summed E-state index contributed by atoms with van der Waals surface area (Å²) in [7, 11) is 1.42. The van der Waals surface area contributed by atoms with Crippen LogP contribution in [0.3, 0.4) is 0 Å². The maximum absolute atomic E-state index is 12.9. The van der Waals surface area contributed by atoms with Gasteiger partial charge in [0, 0.05) is 5.02 Å². The molecule has 3 aromatic carbocycles. The normalized spacial score (nSPS) is 12.6. The Bertz CT molecular complexity index is 1190. The molecule has 1 aliphatic heterocycles. The highest BCUT2D eigenvalue weighted by molar-refractivity contribution is 6.31. The summed E-state index contributed by atoms with van der Waals surface area (Å²) < 4.78 is 5.28. The number of benzene rings is 3. The Morgan fingerprint density at radius 1 is 1.03 bits per heavy atom. The number of anilines is 1. The van der Waals surface area contributed by atoms with Crippen molar-refractivity contribution in [2.24, 2.45) is 0 Å². The summed E-state index contributed by atoms with van der Waals surface area (Å²) >= 11 is 5.93. The molecule has 2 N–H and O–H groups in total. The van der Waals surface area contributed by atoms with Crippen LogP contribution in [0, 0.1) is 0 Å². The van der Waals surface area contributed by atoms with Crippen LogP contribution in [-0.4, -0.2) is 34.8 Å². The van der Waals surface area contributed by atoms with Crippen LogP contribution in [0.4, 0.5) is 5.69 Å². The second kappa shape index (κ2) is 8.12. The molecule has 0 aliphatic carbocycles. The number of carbonyl (C=O) groups is 3. The number of rotatable bonds is 5. The molecule has 0 fully saturated rings. The first-order chi connectivity index (χ1) is 14.9. The highest BCUT2D eigenvalue weighted by Gasteiger charge is 2.35. The molecule has 4 rings (SSSR count). The van der Waals surface area contributed by atoms with Gasteiger partial charge in [-0.2, -0.15) is 0 Å². The number of nitrogens with zero attached hydrogens (tertiary/aromatic N) is 1. The lowest BCUT2D eigenvalue weighted by Gasteiger charge is -2.16. The van der Waals surface area contributed by atoms with Crippen LogP contribution in [-0.2, 0) is 6.54 Å². The third-order valence-corrected chi connectivity index (χ3v) is 5.17. The van der Waals surface area contributed by atoms with E-state index >= 15 is 0 Å². The number of methoxy groups -OCH3 is 1. The number of fused-ring (bicyclic) bond motifs is 1. The van der Waals surface area contributed by atoms with Crippen molar-refractivity contribution in [2.45, 2.75) is 6.54 Å². The van der Waals surface area contributed by atoms with Crippen molar-refractivity contribution >= 4 is 35.0 Å². The molecule has 0 unspecified atom stereocenters. The molecular formula is C23H17ClN2O5. The van der Waals surface area contributed by atoms with E-state index in [0.29, 0.717) is 27.5 Å². The number of nitrogens with one attached hydrogen (secondary N) is 1. The number of halogens is 1. The average molecular weight is 437 g/mol. The number of aromatic hydroxyl groups is 1. The SMILES string of the molecule is COc1ccc(CN2C(=O)c3ccccc3C2=O)cc1C(=O)Nc1cc(Cl)ccc1O. The zero-order valence-corrected chi connectivity index (χ0v) is 17.1. The molecule has 8 heteroatoms. The maximum atomic E-state index is 12.9. The van der Waals surface area contributed by atoms with Crippen LogP contribution in [0.1, 0.15) is 36.6 Å². The molecule has 31 heavy (non-hydrogen) atoms. The van der Waals surface area contributed by atoms with E-state index < -0.39 is 5.91 Å². The number of hydrogen-bond acceptors (Lipinski definition) is 5. The van der Waals surface area contributed by atoms with E-state index in [2.05, 4.69) is 5.32 Å². The summed E-state index contributed by atoms with van der Waals surface area (Å²) in [5.74, 6) is -1.15. The van der Waals surface area contributed by atoms with Crippen LogP contribution < -0.4 is 10.1 Å². The zero-order chi connectivity index (χ0) is 22.1. The van der Waals surface area contributed by atoms with Crippen LogP contribution in [0.5, 0.6) is 11.5 Å². The summed E-state index contributed by atoms with van der Waals surface area (Å²) in [6.07, 6.45) is 0. The Kier molecular flexibility index (Phi) is 5.35. The number of hydrogen-bond donors (Lipinski definition) is 2. The molecule has 7 nitrogen and oxygen atoms in total. The van der Waals surface area contributed by atoms with Gasteiger partial charge in [-0.15, -0.1) is 0 Å². The van der Waals surface area contributed by atoms with Crippen LogP contribution in [0.15, 0.2) is 60.7 Å². The number of imide groups is 1. The Balaban J connectivity index is 1.61. The number of carbonyl (C=O) groups excluding carboxylic acids is 3. The molecule has 156 valence electrons. The standard InChI is InChI=1S/C23H17ClN2O5/c1-31-20-9-6-13(12-26-22(29)15-4-2-3-5-16(15)23(26)30)10-17(20)21(28)25-18-11-14(24)7-8-19(18)27/h2-11,27H,12H2,1H3,(H,25,28). The molecule has 0 saturated carbocycles. The van der Waals surface area contributed by atoms with E-state index in [1.54, 1.807) is 42.5 Å². The summed E-state index contributed by atoms with van der Waals surface area (Å²) in [4.78, 5) is 39.2. The molecular weight excluding hydrogens is 420 g/mol. The topological polar surface area (TPSA) is 95.9 Å². The first-order valence-electron chi connectivity index (χ1n) is 9.31. The second-order valence-corrected chi connectivity index (χ2v) is 7.33. The summed E-state index contributed by atoms with van der Waals surface area (Å²) in [6, 6.07) is 15.7. The Morgan fingerprint density at radius 2 is 1.71 bits per heavy atom. The van der Waals surface area contributed by atoms with E-state index in [-0.39, 0.29) is 35.4 Å². The van der Waals surface area contributed by atoms with E-state index in [0.717, 1.165) is 4.90 Å². The number of phenolic OH excluding ortho intramolecular Hbond substituents is 1. The minimum atomic E-state index is -0.543. The van der Waals surface area contributed by atoms with Gasteiger partial charge in [-0.3, -0.25) is 19.3 Å². The van der Waals surface area contributed by atoms with E-state index in [1.165, 1.54) is 25.3 Å². The maximum Gasteiger partial charge on any atom is 0.261 e. The van der Waals surface area contributed by atoms with Crippen LogP contribution in [0.25, 0.3) is 0 Å². The first kappa shape index (κ1) is 20.4. The predicted molar refractivity (Wildman–Crippen MR) is 115 cm³/mol. The molecule has 0 saturated heterocycles. The second-order valence-electron chi connectivity index (χ2n) is 6.89. The fraction of sp³-hybridized carbons (Fsp3) is 0.0870. The van der Waals surface area contributed by atoms with Crippen molar-refractivity contribution in [3.05, 3.63) is 87.9 Å². The molecule has 0 spiro atoms. The highest BCUT2D eigenvalue weighted by atomic mass is 35.5. The van der Waals surface area contributed by atoms with Gasteiger partial charge >= 0.3 is 0 Å². The first-order valence-corrected chi connectivity index (χ1v) is 9.69. The molecule has 1 aliphatic rings. The van der Waals surface area contributed by atoms with Gasteiger partial charge in [0.15, 0.2) is 0 Å². The van der Waals surface area contributed by atoms with E-state index in [4.69, 9.17) is 16.3 Å². The highest BCUT2D eigenvalue weighted by Crippen LogP contribution is 2.30. The van der Waals surface area contributed by atoms with Gasteiger partial charge in [-0.25, -0.2) is 0 Å². The molecule has 0 atom stereocenters. The molecule has 3 aromatic rings. The predicted octanol–water partition coefficient (Wildman–Crippen LogP) is 4.10. The third-order valence-electron chi connectivity index (χ3n) is 4.93. The van der Waals surface area contributed by atoms with Crippen LogP contribution in [0.2, 0.25) is 5.02 Å². The van der Waals surface area contributed by atoms with E-state index in [1.807, 2.05) is 0 Å². The lowest BCUT2D eigenvalue weighted by Crippen LogP contribution is -2.29. The molecule has 0 radical (unpaired) electrons. The number of ether oxygens (including phenoxy) is 1. The smallest absolute Gasteiger partial charge is 0.261 e. The van der Waals surface area contributed by atoms with Crippen molar-refractivity contribution in [2.75, 3.05) is 12.4 Å². The zero-order valence-electron chi connectivity index (χ0n) is 16.4. The van der Waals surface area contributed by atoms with Crippen molar-refractivity contribution in [1.29, 1.82) is 0 Å². The summed E-state index contributed by atoms with van der Waals surface area (Å²) in [5.41, 5.74) is 1.60. The summed E-state index contributed by atoms with van der Waals surface area (Å²) in [6.45, 7) is -0.000956. The van der Waals surface area contributed by atoms with Gasteiger partial charge in [-0.05, 0) is 48.0 Å². The van der Waals surface area contributed by atoms with Crippen molar-refractivity contribution in [3.63, 3.8) is 0 Å². The lowest BCUT2D eigenvalue weighted by atomic mass is 10.1. The van der Waals surface area contributed by atoms with Crippen molar-refractivity contribution in [1.82, 2.24) is 4.90 Å². The van der Waals surface area contributed by atoms with Crippen molar-refractivity contribution < 1.29 is 24.2 Å². The number of phenols is 1. The average Bonchev–Trinajstić information content (AvgIpc) is 3.01. The largest absolute Gasteiger partial charge is 0.506 e. The fourth-order valence-electron chi connectivity index (χ4n) is 3.39. The Hall–Kier alpha value is -3.84. The Morgan fingerprint density at radius 3 is 2.35 bits per heavy atom. The molecule has 3 amide bonds. The minimum absolute atomic E-state index is 0.000956. The van der Waals surface area contributed by atoms with Gasteiger partial charge in [0.05, 0.1) is 36.0 Å². The molecule has 0 aromatic heterocycles. The third kappa shape index (κ3) is 3.83. The van der Waals surface area contributed by atoms with Gasteiger partial charge in [0.1, 0.15) is 11.5 Å². The van der Waals surface area contributed by atoms with Gasteiger partial charge in [-0.1, -0.05) is 29.8 Å². The molecule has 0 bridgehead atoms. The van der Waals surface area contributed by atoms with Crippen LogP contribution >= 0.6 is 11.6 Å². The lowest BCUT2D eigenvalue weighted by molar-refractivity contribution is 0.0642. The van der Waals surface area contributed by atoms with Gasteiger partial charge in [0.25, 0.3) is 17.7 Å². The summed E-state index contributed by atoms with van der Waals surface area (Å²) in [5, 5.41) is 12.9.